The molecule has 0 saturated carbocycles. The summed E-state index contributed by atoms with van der Waals surface area (Å²) in [5.41, 5.74) is 0. The van der Waals surface area contributed by atoms with Gasteiger partial charge < -0.3 is 12.4 Å². The lowest BCUT2D eigenvalue weighted by atomic mass is 10.5. The predicted octanol–water partition coefficient (Wildman–Crippen LogP) is -1.71. The maximum absolute atomic E-state index is 6.07. The van der Waals surface area contributed by atoms with Crippen LogP contribution in [0.1, 0.15) is 0 Å². The minimum Gasteiger partial charge on any atom is -1.00 e. The predicted molar refractivity (Wildman–Crippen MR) is 52.8 cm³/mol. The lowest BCUT2D eigenvalue weighted by Gasteiger charge is -2.03. The van der Waals surface area contributed by atoms with Gasteiger partial charge in [0.05, 0.1) is 0 Å². The van der Waals surface area contributed by atoms with Crippen molar-refractivity contribution in [1.29, 1.82) is 0 Å². The molecule has 2 nitrogen and oxygen atoms in total. The quantitative estimate of drug-likeness (QED) is 0.311. The van der Waals surface area contributed by atoms with Crippen molar-refractivity contribution in [2.45, 2.75) is 0 Å². The second kappa shape index (κ2) is 6.06. The topological polar surface area (TPSA) is 6.25 Å². The van der Waals surface area contributed by atoms with E-state index in [2.05, 4.69) is 22.6 Å². The first-order valence-electron chi connectivity index (χ1n) is 4.03. The summed E-state index contributed by atoms with van der Waals surface area (Å²) in [6.07, 6.45) is 3.72. The summed E-state index contributed by atoms with van der Waals surface area (Å²) in [6, 6.07) is 0. The van der Waals surface area contributed by atoms with Crippen LogP contribution in [0.5, 0.6) is 0 Å². The maximum Gasteiger partial charge on any atom is 0.345 e. The number of rotatable bonds is 4. The SMILES string of the molecule is C=CCN1CC[N+](CC=C)=C1Cl.[Cl-]. The highest BCUT2D eigenvalue weighted by atomic mass is 35.5. The molecular weight excluding hydrogens is 207 g/mol. The van der Waals surface area contributed by atoms with Gasteiger partial charge in [0.1, 0.15) is 26.2 Å². The van der Waals surface area contributed by atoms with Crippen LogP contribution in [0.2, 0.25) is 0 Å². The lowest BCUT2D eigenvalue weighted by molar-refractivity contribution is -0.505. The average molecular weight is 221 g/mol. The van der Waals surface area contributed by atoms with Crippen LogP contribution in [0.25, 0.3) is 0 Å². The van der Waals surface area contributed by atoms with Crippen LogP contribution < -0.4 is 12.4 Å². The third-order valence-corrected chi connectivity index (χ3v) is 2.34. The second-order valence-corrected chi connectivity index (χ2v) is 3.08. The molecule has 0 aliphatic carbocycles. The highest BCUT2D eigenvalue weighted by molar-refractivity contribution is 6.63. The number of nitrogens with zero attached hydrogens (tertiary/aromatic N) is 2. The maximum atomic E-state index is 6.07. The Morgan fingerprint density at radius 1 is 1.46 bits per heavy atom. The molecule has 0 atom stereocenters. The summed E-state index contributed by atoms with van der Waals surface area (Å²) < 4.78 is 2.10. The number of amidine groups is 1. The molecule has 74 valence electrons. The van der Waals surface area contributed by atoms with Gasteiger partial charge in [-0.05, 0) is 0 Å². The molecule has 1 aliphatic rings. The zero-order chi connectivity index (χ0) is 8.97. The molecular formula is C9H14Cl2N2. The first-order valence-corrected chi connectivity index (χ1v) is 4.41. The highest BCUT2D eigenvalue weighted by Gasteiger charge is 2.26. The largest absolute Gasteiger partial charge is 1.00 e. The summed E-state index contributed by atoms with van der Waals surface area (Å²) in [6.45, 7) is 11.0. The van der Waals surface area contributed by atoms with E-state index in [1.165, 1.54) is 0 Å². The van der Waals surface area contributed by atoms with Crippen molar-refractivity contribution >= 4 is 16.9 Å². The van der Waals surface area contributed by atoms with Crippen molar-refractivity contribution in [2.75, 3.05) is 26.2 Å². The van der Waals surface area contributed by atoms with Crippen molar-refractivity contribution in [3.05, 3.63) is 25.3 Å². The van der Waals surface area contributed by atoms with E-state index in [4.69, 9.17) is 11.6 Å². The van der Waals surface area contributed by atoms with Gasteiger partial charge >= 0.3 is 5.29 Å². The monoisotopic (exact) mass is 220 g/mol. The average Bonchev–Trinajstić information content (AvgIpc) is 2.38. The molecule has 1 rings (SSSR count). The van der Waals surface area contributed by atoms with E-state index in [1.54, 1.807) is 0 Å². The molecule has 13 heavy (non-hydrogen) atoms. The lowest BCUT2D eigenvalue weighted by Crippen LogP contribution is -3.00. The zero-order valence-electron chi connectivity index (χ0n) is 7.55. The van der Waals surface area contributed by atoms with Gasteiger partial charge in [-0.2, -0.15) is 0 Å². The Balaban J connectivity index is 0.00000144. The van der Waals surface area contributed by atoms with Gasteiger partial charge in [0, 0.05) is 11.6 Å². The minimum absolute atomic E-state index is 0. The van der Waals surface area contributed by atoms with Crippen LogP contribution in [-0.4, -0.2) is 40.9 Å². The van der Waals surface area contributed by atoms with Crippen molar-refractivity contribution in [1.82, 2.24) is 4.90 Å². The summed E-state index contributed by atoms with van der Waals surface area (Å²) in [5.74, 6) is 0. The molecule has 1 aliphatic heterocycles. The molecule has 0 aromatic rings. The summed E-state index contributed by atoms with van der Waals surface area (Å²) in [5, 5.41) is 0.815. The minimum atomic E-state index is 0. The van der Waals surface area contributed by atoms with Gasteiger partial charge in [-0.15, -0.1) is 0 Å². The summed E-state index contributed by atoms with van der Waals surface area (Å²) >= 11 is 6.07. The zero-order valence-corrected chi connectivity index (χ0v) is 9.06. The smallest absolute Gasteiger partial charge is 0.345 e. The number of hydrogen-bond acceptors (Lipinski definition) is 1. The van der Waals surface area contributed by atoms with Crippen LogP contribution >= 0.6 is 11.6 Å². The molecule has 0 fully saturated rings. The molecule has 0 unspecified atom stereocenters. The first-order chi connectivity index (χ1) is 5.79. The van der Waals surface area contributed by atoms with Gasteiger partial charge in [-0.1, -0.05) is 25.3 Å². The van der Waals surface area contributed by atoms with Crippen molar-refractivity contribution in [2.24, 2.45) is 0 Å². The van der Waals surface area contributed by atoms with E-state index in [-0.39, 0.29) is 12.4 Å². The van der Waals surface area contributed by atoms with Crippen molar-refractivity contribution in [3.63, 3.8) is 0 Å². The summed E-state index contributed by atoms with van der Waals surface area (Å²) in [7, 11) is 0. The van der Waals surface area contributed by atoms with Gasteiger partial charge in [-0.3, -0.25) is 0 Å². The van der Waals surface area contributed by atoms with E-state index in [0.717, 1.165) is 31.5 Å². The Hall–Kier alpha value is -0.470. The Morgan fingerprint density at radius 3 is 2.69 bits per heavy atom. The normalized spacial score (nSPS) is 15.6. The highest BCUT2D eigenvalue weighted by Crippen LogP contribution is 2.04. The molecule has 0 spiro atoms. The number of halogens is 2. The molecule has 0 radical (unpaired) electrons. The molecule has 0 aromatic heterocycles. The van der Waals surface area contributed by atoms with Crippen molar-refractivity contribution in [3.8, 4) is 0 Å². The van der Waals surface area contributed by atoms with E-state index < -0.39 is 0 Å². The molecule has 0 bridgehead atoms. The van der Waals surface area contributed by atoms with Crippen LogP contribution in [-0.2, 0) is 0 Å². The fraction of sp³-hybridized carbons (Fsp3) is 0.444. The van der Waals surface area contributed by atoms with Gasteiger partial charge in [0.2, 0.25) is 0 Å². The number of hydrogen-bond donors (Lipinski definition) is 0. The van der Waals surface area contributed by atoms with Crippen LogP contribution in [0.4, 0.5) is 0 Å². The molecule has 0 N–H and O–H groups in total. The molecule has 0 amide bonds. The van der Waals surface area contributed by atoms with E-state index in [9.17, 15) is 0 Å². The Kier molecular flexibility index (Phi) is 5.84. The third kappa shape index (κ3) is 3.05. The van der Waals surface area contributed by atoms with E-state index in [1.807, 2.05) is 12.2 Å². The summed E-state index contributed by atoms with van der Waals surface area (Å²) in [4.78, 5) is 2.10. The third-order valence-electron chi connectivity index (χ3n) is 1.86. The molecule has 1 heterocycles. The van der Waals surface area contributed by atoms with E-state index in [0.29, 0.717) is 0 Å². The Labute approximate surface area is 90.6 Å². The molecule has 0 aromatic carbocycles. The fourth-order valence-corrected chi connectivity index (χ4v) is 1.58. The van der Waals surface area contributed by atoms with Gasteiger partial charge in [0.25, 0.3) is 0 Å². The van der Waals surface area contributed by atoms with E-state index >= 15 is 0 Å². The van der Waals surface area contributed by atoms with Crippen LogP contribution in [0.15, 0.2) is 25.3 Å². The van der Waals surface area contributed by atoms with Crippen LogP contribution in [0.3, 0.4) is 0 Å². The first kappa shape index (κ1) is 12.5. The Bertz CT molecular complexity index is 224. The fourth-order valence-electron chi connectivity index (χ4n) is 1.27. The Morgan fingerprint density at radius 2 is 2.15 bits per heavy atom. The van der Waals surface area contributed by atoms with Crippen molar-refractivity contribution < 1.29 is 17.0 Å². The van der Waals surface area contributed by atoms with Crippen LogP contribution in [0, 0.1) is 0 Å². The molecule has 4 heteroatoms. The molecule has 0 saturated heterocycles. The van der Waals surface area contributed by atoms with Gasteiger partial charge in [0.15, 0.2) is 0 Å². The second-order valence-electron chi connectivity index (χ2n) is 2.74. The standard InChI is InChI=1S/C9H14ClN2.ClH/c1-3-5-11-7-8-12(6-4-2)9(11)10;/h3-4H,1-2,5-8H2;1H/q+1;/p-1. The van der Waals surface area contributed by atoms with Gasteiger partial charge in [-0.25, -0.2) is 9.48 Å².